The number of pyridine rings is 1. The van der Waals surface area contributed by atoms with Crippen LogP contribution in [-0.2, 0) is 33.4 Å². The van der Waals surface area contributed by atoms with Gasteiger partial charge in [0.05, 0.1) is 29.7 Å². The smallest absolute Gasteiger partial charge is 0.331 e. The lowest BCUT2D eigenvalue weighted by Crippen LogP contribution is -2.67. The number of carbonyl (C=O) groups excluding carboxylic acids is 4. The maximum atomic E-state index is 15.1. The molecule has 5 aliphatic rings. The molecule has 11 heteroatoms. The molecule has 5 fully saturated rings. The van der Waals surface area contributed by atoms with Crippen LogP contribution in [0.5, 0.6) is 0 Å². The number of aromatic nitrogens is 1. The van der Waals surface area contributed by atoms with Gasteiger partial charge in [-0.2, -0.15) is 0 Å². The minimum atomic E-state index is -1.42. The highest BCUT2D eigenvalue weighted by molar-refractivity contribution is 5.97. The highest BCUT2D eigenvalue weighted by Crippen LogP contribution is 2.54. The zero-order chi connectivity index (χ0) is 32.3. The van der Waals surface area contributed by atoms with Crippen LogP contribution >= 0.6 is 0 Å². The molecule has 1 spiro atoms. The number of hydrazine groups is 1. The second kappa shape index (κ2) is 12.0. The Kier molecular flexibility index (Phi) is 8.48. The average Bonchev–Trinajstić information content (AvgIpc) is 3.47. The van der Waals surface area contributed by atoms with E-state index in [-0.39, 0.29) is 30.8 Å². The van der Waals surface area contributed by atoms with Crippen LogP contribution in [0.3, 0.4) is 0 Å². The lowest BCUT2D eigenvalue weighted by molar-refractivity contribution is -0.207. The summed E-state index contributed by atoms with van der Waals surface area (Å²) < 4.78 is 18.7. The van der Waals surface area contributed by atoms with Gasteiger partial charge in [-0.3, -0.25) is 29.7 Å². The third-order valence-corrected chi connectivity index (χ3v) is 10.5. The molecule has 6 rings (SSSR count). The fraction of sp³-hybridized carbons (Fsp3) is 0.735. The Morgan fingerprint density at radius 1 is 1.16 bits per heavy atom. The van der Waals surface area contributed by atoms with Crippen LogP contribution in [0.2, 0.25) is 0 Å². The number of cyclic esters (lactones) is 1. The second-order valence-electron chi connectivity index (χ2n) is 15.1. The van der Waals surface area contributed by atoms with Crippen molar-refractivity contribution >= 4 is 23.8 Å². The maximum Gasteiger partial charge on any atom is 0.331 e. The van der Waals surface area contributed by atoms with E-state index in [1.807, 2.05) is 12.1 Å². The summed E-state index contributed by atoms with van der Waals surface area (Å²) in [6.07, 6.45) is 4.62. The van der Waals surface area contributed by atoms with E-state index >= 15 is 4.79 Å². The van der Waals surface area contributed by atoms with Crippen LogP contribution in [-0.4, -0.2) is 74.9 Å². The quantitative estimate of drug-likeness (QED) is 0.485. The van der Waals surface area contributed by atoms with Gasteiger partial charge in [-0.1, -0.05) is 33.3 Å². The van der Waals surface area contributed by atoms with Crippen LogP contribution in [0.25, 0.3) is 0 Å². The van der Waals surface area contributed by atoms with Crippen molar-refractivity contribution in [3.63, 3.8) is 0 Å². The van der Waals surface area contributed by atoms with Gasteiger partial charge in [0, 0.05) is 19.2 Å². The number of nitrogens with one attached hydrogen (secondary N) is 1. The number of rotatable bonds is 5. The van der Waals surface area contributed by atoms with Crippen molar-refractivity contribution in [1.82, 2.24) is 20.3 Å². The van der Waals surface area contributed by atoms with Crippen molar-refractivity contribution in [3.8, 4) is 0 Å². The molecule has 2 amide bonds. The molecule has 1 saturated carbocycles. The molecule has 1 aromatic rings. The summed E-state index contributed by atoms with van der Waals surface area (Å²) in [6, 6.07) is 3.86. The van der Waals surface area contributed by atoms with Crippen LogP contribution in [0.15, 0.2) is 24.4 Å². The van der Waals surface area contributed by atoms with Gasteiger partial charge in [0.1, 0.15) is 11.1 Å². The van der Waals surface area contributed by atoms with E-state index < -0.39 is 59.2 Å². The topological polar surface area (TPSA) is 127 Å². The first-order chi connectivity index (χ1) is 21.3. The lowest BCUT2D eigenvalue weighted by atomic mass is 9.74. The standard InChI is InChI=1S/C34H48N4O7/c1-19(2)21-13-12-20(3)18-24(21)43-31-27-26(30(41)44-31)28(22-10-7-8-16-35-22)36-34(27)15-14-25(39)37-17-9-11-23(38(37)32(34)42)29(40)45-33(4,5)6/h7-8,10,16,19-21,23-24,26-28,31,36H,9,11-15,17-18H2,1-6H3/t20-,21+,23+,24-,26-,27-,28-,31-,34-/m1/s1. The van der Waals surface area contributed by atoms with Crippen molar-refractivity contribution in [1.29, 1.82) is 0 Å². The Morgan fingerprint density at radius 3 is 2.62 bits per heavy atom. The summed E-state index contributed by atoms with van der Waals surface area (Å²) in [5.41, 5.74) is -1.58. The normalized spacial score (nSPS) is 37.0. The molecule has 45 heavy (non-hydrogen) atoms. The van der Waals surface area contributed by atoms with Gasteiger partial charge in [-0.05, 0) is 82.8 Å². The van der Waals surface area contributed by atoms with Crippen molar-refractivity contribution in [2.45, 2.75) is 122 Å². The van der Waals surface area contributed by atoms with Crippen molar-refractivity contribution in [3.05, 3.63) is 30.1 Å². The third-order valence-electron chi connectivity index (χ3n) is 10.5. The number of fused-ring (bicyclic) bond motifs is 3. The van der Waals surface area contributed by atoms with Gasteiger partial charge in [0.25, 0.3) is 5.91 Å². The fourth-order valence-corrected chi connectivity index (χ4v) is 8.41. The van der Waals surface area contributed by atoms with Gasteiger partial charge in [-0.15, -0.1) is 0 Å². The van der Waals surface area contributed by atoms with E-state index in [0.717, 1.165) is 19.3 Å². The lowest BCUT2D eigenvalue weighted by Gasteiger charge is -2.46. The van der Waals surface area contributed by atoms with Gasteiger partial charge >= 0.3 is 11.9 Å². The first-order valence-electron chi connectivity index (χ1n) is 16.7. The van der Waals surface area contributed by atoms with Gasteiger partial charge in [0.15, 0.2) is 6.04 Å². The molecular formula is C34H48N4O7. The van der Waals surface area contributed by atoms with E-state index in [2.05, 4.69) is 31.1 Å². The molecule has 5 heterocycles. The number of hydrogen-bond donors (Lipinski definition) is 1. The minimum Gasteiger partial charge on any atom is -0.458 e. The molecule has 11 nitrogen and oxygen atoms in total. The molecule has 4 saturated heterocycles. The summed E-state index contributed by atoms with van der Waals surface area (Å²) in [5.74, 6) is -2.04. The molecule has 0 radical (unpaired) electrons. The molecule has 1 aliphatic carbocycles. The van der Waals surface area contributed by atoms with E-state index in [9.17, 15) is 14.4 Å². The molecule has 0 bridgehead atoms. The minimum absolute atomic E-state index is 0.0599. The SMILES string of the molecule is CC(C)[C@@H]1CC[C@@H](C)C[C@H]1O[C@@H]1OC(=O)[C@@H]2[C@H]1[C@@]1(CCC(=O)N3CCC[C@@H](C(=O)OC(C)(C)C)N3C1=O)N[C@@H]2c1ccccn1. The number of nitrogens with zero attached hydrogens (tertiary/aromatic N) is 3. The summed E-state index contributed by atoms with van der Waals surface area (Å²) >= 11 is 0. The summed E-state index contributed by atoms with van der Waals surface area (Å²) in [6.45, 7) is 12.3. The number of esters is 2. The number of ether oxygens (including phenoxy) is 3. The molecule has 246 valence electrons. The predicted molar refractivity (Wildman–Crippen MR) is 163 cm³/mol. The van der Waals surface area contributed by atoms with E-state index in [0.29, 0.717) is 36.9 Å². The van der Waals surface area contributed by atoms with Crippen molar-refractivity contribution in [2.24, 2.45) is 29.6 Å². The van der Waals surface area contributed by atoms with Crippen molar-refractivity contribution < 1.29 is 33.4 Å². The Balaban J connectivity index is 1.43. The number of hydrogen-bond acceptors (Lipinski definition) is 9. The maximum absolute atomic E-state index is 15.1. The first-order valence-corrected chi connectivity index (χ1v) is 16.7. The Bertz CT molecular complexity index is 1320. The zero-order valence-corrected chi connectivity index (χ0v) is 27.4. The highest BCUT2D eigenvalue weighted by atomic mass is 16.7. The van der Waals surface area contributed by atoms with Gasteiger partial charge in [-0.25, -0.2) is 9.80 Å². The van der Waals surface area contributed by atoms with Crippen LogP contribution in [0.1, 0.15) is 98.2 Å². The van der Waals surface area contributed by atoms with Crippen LogP contribution in [0, 0.1) is 29.6 Å². The summed E-state index contributed by atoms with van der Waals surface area (Å²) in [5, 5.41) is 6.30. The fourth-order valence-electron chi connectivity index (χ4n) is 8.41. The summed E-state index contributed by atoms with van der Waals surface area (Å²) in [7, 11) is 0. The Morgan fingerprint density at radius 2 is 1.93 bits per heavy atom. The monoisotopic (exact) mass is 624 g/mol. The number of amides is 2. The van der Waals surface area contributed by atoms with Gasteiger partial charge in [0.2, 0.25) is 12.2 Å². The number of carbonyl (C=O) groups is 4. The van der Waals surface area contributed by atoms with Gasteiger partial charge < -0.3 is 14.2 Å². The average molecular weight is 625 g/mol. The first kappa shape index (κ1) is 31.9. The third kappa shape index (κ3) is 5.75. The summed E-state index contributed by atoms with van der Waals surface area (Å²) in [4.78, 5) is 60.7. The second-order valence-corrected chi connectivity index (χ2v) is 15.1. The van der Waals surface area contributed by atoms with Crippen LogP contribution < -0.4 is 5.32 Å². The zero-order valence-electron chi connectivity index (χ0n) is 27.4. The van der Waals surface area contributed by atoms with E-state index in [1.165, 1.54) is 10.0 Å². The van der Waals surface area contributed by atoms with Crippen molar-refractivity contribution in [2.75, 3.05) is 6.54 Å². The largest absolute Gasteiger partial charge is 0.458 e. The van der Waals surface area contributed by atoms with E-state index in [4.69, 9.17) is 14.2 Å². The molecule has 1 N–H and O–H groups in total. The molecule has 4 aliphatic heterocycles. The molecule has 1 aromatic heterocycles. The van der Waals surface area contributed by atoms with Crippen LogP contribution in [0.4, 0.5) is 0 Å². The molecule has 9 atom stereocenters. The molecular weight excluding hydrogens is 576 g/mol. The predicted octanol–water partition coefficient (Wildman–Crippen LogP) is 3.93. The highest BCUT2D eigenvalue weighted by Gasteiger charge is 2.70. The Labute approximate surface area is 265 Å². The van der Waals surface area contributed by atoms with E-state index in [1.54, 1.807) is 33.0 Å². The molecule has 0 aromatic carbocycles. The molecule has 0 unspecified atom stereocenters. The Hall–Kier alpha value is -3.05.